The molecule has 2 fully saturated rings. The van der Waals surface area contributed by atoms with Crippen LogP contribution in [0, 0.1) is 18.6 Å². The van der Waals surface area contributed by atoms with Crippen molar-refractivity contribution in [2.45, 2.75) is 44.6 Å². The highest BCUT2D eigenvalue weighted by molar-refractivity contribution is 5.95. The molecule has 8 nitrogen and oxygen atoms in total. The number of amides is 1. The lowest BCUT2D eigenvalue weighted by Crippen LogP contribution is -2.60. The van der Waals surface area contributed by atoms with Gasteiger partial charge in [-0.15, -0.1) is 5.10 Å². The van der Waals surface area contributed by atoms with E-state index in [0.717, 1.165) is 30.5 Å². The zero-order valence-corrected chi connectivity index (χ0v) is 19.2. The number of aromatic nitrogens is 4. The molecule has 34 heavy (non-hydrogen) atoms. The highest BCUT2D eigenvalue weighted by Gasteiger charge is 2.45. The van der Waals surface area contributed by atoms with Crippen LogP contribution in [0.1, 0.15) is 37.7 Å². The number of piperidine rings is 2. The van der Waals surface area contributed by atoms with E-state index >= 15 is 0 Å². The molecular formula is C24H26F2N6O2. The molecule has 10 heteroatoms. The molecule has 2 aliphatic heterocycles. The fourth-order valence-corrected chi connectivity index (χ4v) is 5.19. The lowest BCUT2D eigenvalue weighted by atomic mass is 9.77. The van der Waals surface area contributed by atoms with Gasteiger partial charge in [-0.25, -0.2) is 18.1 Å². The van der Waals surface area contributed by atoms with Gasteiger partial charge in [0.15, 0.2) is 17.5 Å². The summed E-state index contributed by atoms with van der Waals surface area (Å²) < 4.78 is 30.5. The predicted octanol–water partition coefficient (Wildman–Crippen LogP) is 3.11. The van der Waals surface area contributed by atoms with Gasteiger partial charge >= 0.3 is 0 Å². The minimum Gasteiger partial charge on any atom is -0.367 e. The van der Waals surface area contributed by atoms with Crippen LogP contribution >= 0.6 is 0 Å². The Morgan fingerprint density at radius 1 is 1.03 bits per heavy atom. The molecule has 0 bridgehead atoms. The Labute approximate surface area is 195 Å². The topological polar surface area (TPSA) is 76.3 Å². The first-order chi connectivity index (χ1) is 16.3. The highest BCUT2D eigenvalue weighted by Crippen LogP contribution is 2.41. The molecular weight excluding hydrogens is 442 g/mol. The Balaban J connectivity index is 1.44. The number of nitrogens with zero attached hydrogens (tertiary/aromatic N) is 6. The Bertz CT molecular complexity index is 1310. The number of rotatable bonds is 3. The maximum absolute atomic E-state index is 14.0. The van der Waals surface area contributed by atoms with E-state index in [1.165, 1.54) is 10.7 Å². The number of hydrogen-bond donors (Lipinski definition) is 0. The molecule has 0 atom stereocenters. The van der Waals surface area contributed by atoms with Crippen LogP contribution in [0.2, 0.25) is 0 Å². The van der Waals surface area contributed by atoms with Gasteiger partial charge in [-0.05, 0) is 50.3 Å². The number of anilines is 2. The molecule has 1 spiro atoms. The summed E-state index contributed by atoms with van der Waals surface area (Å²) in [6, 6.07) is 5.37. The van der Waals surface area contributed by atoms with Gasteiger partial charge in [0.1, 0.15) is 5.69 Å². The first-order valence-electron chi connectivity index (χ1n) is 11.4. The maximum Gasteiger partial charge on any atom is 0.290 e. The van der Waals surface area contributed by atoms with Gasteiger partial charge < -0.3 is 9.80 Å². The molecule has 2 aliphatic rings. The first kappa shape index (κ1) is 22.2. The van der Waals surface area contributed by atoms with Crippen LogP contribution in [0.3, 0.4) is 0 Å². The van der Waals surface area contributed by atoms with E-state index in [2.05, 4.69) is 10.2 Å². The van der Waals surface area contributed by atoms with Crippen LogP contribution in [0.25, 0.3) is 5.82 Å². The van der Waals surface area contributed by atoms with E-state index in [0.29, 0.717) is 49.5 Å². The summed E-state index contributed by atoms with van der Waals surface area (Å²) >= 11 is 0. The summed E-state index contributed by atoms with van der Waals surface area (Å²) in [6.45, 7) is 3.02. The van der Waals surface area contributed by atoms with Crippen molar-refractivity contribution in [2.75, 3.05) is 22.9 Å². The monoisotopic (exact) mass is 468 g/mol. The normalized spacial score (nSPS) is 18.1. The minimum absolute atomic E-state index is 0.0816. The molecule has 0 saturated carbocycles. The summed E-state index contributed by atoms with van der Waals surface area (Å²) in [7, 11) is 1.61. The SMILES string of the molecule is Cc1cnn(-c2cc(N3CCC4(CCCC(=O)N4c4ccc(F)c(F)c4)CC3)c(=O)n(C)n2)c1. The average Bonchev–Trinajstić information content (AvgIpc) is 3.25. The third-order valence-corrected chi connectivity index (χ3v) is 6.93. The molecule has 0 N–H and O–H groups in total. The predicted molar refractivity (Wildman–Crippen MR) is 123 cm³/mol. The van der Waals surface area contributed by atoms with Gasteiger partial charge in [-0.3, -0.25) is 9.59 Å². The van der Waals surface area contributed by atoms with Crippen molar-refractivity contribution in [3.8, 4) is 5.82 Å². The van der Waals surface area contributed by atoms with Crippen molar-refractivity contribution in [3.63, 3.8) is 0 Å². The van der Waals surface area contributed by atoms with E-state index in [1.807, 2.05) is 18.0 Å². The van der Waals surface area contributed by atoms with Crippen molar-refractivity contribution in [1.29, 1.82) is 0 Å². The van der Waals surface area contributed by atoms with Crippen LogP contribution in [-0.2, 0) is 11.8 Å². The van der Waals surface area contributed by atoms with Crippen molar-refractivity contribution < 1.29 is 13.6 Å². The van der Waals surface area contributed by atoms with Gasteiger partial charge in [0.05, 0.1) is 11.7 Å². The molecule has 5 rings (SSSR count). The zero-order valence-electron chi connectivity index (χ0n) is 19.2. The molecule has 2 saturated heterocycles. The lowest BCUT2D eigenvalue weighted by Gasteiger charge is -2.51. The average molecular weight is 469 g/mol. The smallest absolute Gasteiger partial charge is 0.290 e. The molecule has 4 heterocycles. The Morgan fingerprint density at radius 2 is 1.79 bits per heavy atom. The fourth-order valence-electron chi connectivity index (χ4n) is 5.19. The Morgan fingerprint density at radius 3 is 2.47 bits per heavy atom. The molecule has 1 amide bonds. The Hall–Kier alpha value is -3.56. The minimum atomic E-state index is -0.967. The summed E-state index contributed by atoms with van der Waals surface area (Å²) in [5.74, 6) is -1.44. The van der Waals surface area contributed by atoms with E-state index < -0.39 is 17.2 Å². The van der Waals surface area contributed by atoms with Crippen LogP contribution in [0.4, 0.5) is 20.2 Å². The van der Waals surface area contributed by atoms with Crippen LogP contribution in [0.5, 0.6) is 0 Å². The highest BCUT2D eigenvalue weighted by atomic mass is 19.2. The van der Waals surface area contributed by atoms with Crippen molar-refractivity contribution >= 4 is 17.3 Å². The van der Waals surface area contributed by atoms with E-state index in [4.69, 9.17) is 0 Å². The molecule has 0 unspecified atom stereocenters. The van der Waals surface area contributed by atoms with Gasteiger partial charge in [0.25, 0.3) is 5.56 Å². The number of halogens is 2. The molecule has 2 aromatic heterocycles. The standard InChI is InChI=1S/C24H26F2N6O2/c1-16-14-27-31(15-16)21-13-20(23(34)29(2)28-21)30-10-8-24(9-11-30)7-3-4-22(33)32(24)17-5-6-18(25)19(26)12-17/h5-6,12-15H,3-4,7-11H2,1-2H3. The second kappa shape index (κ2) is 8.34. The van der Waals surface area contributed by atoms with E-state index in [1.54, 1.807) is 28.9 Å². The molecule has 0 radical (unpaired) electrons. The quantitative estimate of drug-likeness (QED) is 0.591. The van der Waals surface area contributed by atoms with Crippen molar-refractivity contribution in [1.82, 2.24) is 19.6 Å². The van der Waals surface area contributed by atoms with Gasteiger partial charge in [0.2, 0.25) is 5.91 Å². The van der Waals surface area contributed by atoms with Crippen LogP contribution < -0.4 is 15.4 Å². The second-order valence-electron chi connectivity index (χ2n) is 9.17. The molecule has 3 aromatic rings. The number of hydrogen-bond acceptors (Lipinski definition) is 5. The number of carbonyl (C=O) groups excluding carboxylic acids is 1. The largest absolute Gasteiger partial charge is 0.367 e. The summed E-state index contributed by atoms with van der Waals surface area (Å²) in [5.41, 5.74) is 1.19. The van der Waals surface area contributed by atoms with Crippen molar-refractivity contribution in [2.24, 2.45) is 7.05 Å². The summed E-state index contributed by atoms with van der Waals surface area (Å²) in [5, 5.41) is 8.63. The summed E-state index contributed by atoms with van der Waals surface area (Å²) in [6.07, 6.45) is 6.69. The van der Waals surface area contributed by atoms with Crippen LogP contribution in [-0.4, -0.2) is 44.1 Å². The molecule has 1 aromatic carbocycles. The number of carbonyl (C=O) groups is 1. The van der Waals surface area contributed by atoms with E-state index in [9.17, 15) is 18.4 Å². The molecule has 178 valence electrons. The van der Waals surface area contributed by atoms with E-state index in [-0.39, 0.29) is 11.5 Å². The van der Waals surface area contributed by atoms with Gasteiger partial charge in [-0.2, -0.15) is 5.10 Å². The lowest BCUT2D eigenvalue weighted by molar-refractivity contribution is -0.121. The Kier molecular flexibility index (Phi) is 5.45. The van der Waals surface area contributed by atoms with Gasteiger partial charge in [0, 0.05) is 50.6 Å². The summed E-state index contributed by atoms with van der Waals surface area (Å²) in [4.78, 5) is 29.5. The van der Waals surface area contributed by atoms with Gasteiger partial charge in [-0.1, -0.05) is 0 Å². The molecule has 0 aliphatic carbocycles. The van der Waals surface area contributed by atoms with Crippen LogP contribution in [0.15, 0.2) is 41.5 Å². The third kappa shape index (κ3) is 3.76. The first-order valence-corrected chi connectivity index (χ1v) is 11.4. The fraction of sp³-hybridized carbons (Fsp3) is 0.417. The van der Waals surface area contributed by atoms with Crippen molar-refractivity contribution in [3.05, 3.63) is 64.2 Å². The number of aryl methyl sites for hydroxylation is 2. The third-order valence-electron chi connectivity index (χ3n) is 6.93. The zero-order chi connectivity index (χ0) is 24.0. The number of benzene rings is 1. The second-order valence-corrected chi connectivity index (χ2v) is 9.17. The maximum atomic E-state index is 14.0.